The molecular formula is C16H10ClN3O6. The van der Waals surface area contributed by atoms with Gasteiger partial charge >= 0.3 is 5.97 Å². The number of halogens is 1. The predicted octanol–water partition coefficient (Wildman–Crippen LogP) is 2.62. The Labute approximate surface area is 151 Å². The van der Waals surface area contributed by atoms with Gasteiger partial charge in [-0.1, -0.05) is 11.6 Å². The fourth-order valence-corrected chi connectivity index (χ4v) is 2.85. The van der Waals surface area contributed by atoms with Crippen LogP contribution in [0.3, 0.4) is 0 Å². The summed E-state index contributed by atoms with van der Waals surface area (Å²) in [5, 5.41) is 11.1. The number of nitro groups is 1. The Balaban J connectivity index is 2.19. The van der Waals surface area contributed by atoms with Crippen molar-refractivity contribution in [2.45, 2.75) is 6.92 Å². The van der Waals surface area contributed by atoms with Crippen LogP contribution in [-0.4, -0.2) is 34.3 Å². The van der Waals surface area contributed by atoms with Crippen LogP contribution in [0.1, 0.15) is 38.1 Å². The number of ether oxygens (including phenoxy) is 1. The molecule has 1 aromatic carbocycles. The van der Waals surface area contributed by atoms with Crippen LogP contribution in [0, 0.1) is 10.1 Å². The Morgan fingerprint density at radius 2 is 1.96 bits per heavy atom. The standard InChI is InChI=1S/C16H10ClN3O6/c1-2-26-16(23)13-10(4-3-7-18-13)19-14(21)11-8(17)5-6-9(20(24)25)12(11)15(19)22/h3-7H,2H2,1H3. The average Bonchev–Trinajstić information content (AvgIpc) is 2.87. The van der Waals surface area contributed by atoms with Crippen LogP contribution in [0.2, 0.25) is 5.02 Å². The van der Waals surface area contributed by atoms with Crippen LogP contribution >= 0.6 is 11.6 Å². The van der Waals surface area contributed by atoms with Gasteiger partial charge in [0.25, 0.3) is 17.5 Å². The summed E-state index contributed by atoms with van der Waals surface area (Å²) in [4.78, 5) is 52.6. The van der Waals surface area contributed by atoms with Crippen LogP contribution in [0.15, 0.2) is 30.5 Å². The highest BCUT2D eigenvalue weighted by atomic mass is 35.5. The average molecular weight is 376 g/mol. The van der Waals surface area contributed by atoms with Gasteiger partial charge in [-0.2, -0.15) is 0 Å². The van der Waals surface area contributed by atoms with Crippen molar-refractivity contribution >= 4 is 40.8 Å². The highest BCUT2D eigenvalue weighted by molar-refractivity contribution is 6.43. The minimum absolute atomic E-state index is 0.0638. The summed E-state index contributed by atoms with van der Waals surface area (Å²) >= 11 is 5.98. The maximum Gasteiger partial charge on any atom is 0.359 e. The zero-order chi connectivity index (χ0) is 19.0. The van der Waals surface area contributed by atoms with Crippen LogP contribution in [0.25, 0.3) is 0 Å². The number of hydrogen-bond acceptors (Lipinski definition) is 7. The molecule has 132 valence electrons. The maximum absolute atomic E-state index is 12.8. The van der Waals surface area contributed by atoms with Gasteiger partial charge in [0, 0.05) is 12.3 Å². The number of hydrogen-bond donors (Lipinski definition) is 0. The molecule has 0 radical (unpaired) electrons. The first-order chi connectivity index (χ1) is 12.4. The predicted molar refractivity (Wildman–Crippen MR) is 89.4 cm³/mol. The lowest BCUT2D eigenvalue weighted by atomic mass is 10.1. The van der Waals surface area contributed by atoms with Gasteiger partial charge in [0.1, 0.15) is 5.56 Å². The summed E-state index contributed by atoms with van der Waals surface area (Å²) in [5.41, 5.74) is -1.66. The quantitative estimate of drug-likeness (QED) is 0.348. The summed E-state index contributed by atoms with van der Waals surface area (Å²) in [7, 11) is 0. The minimum Gasteiger partial charge on any atom is -0.461 e. The third kappa shape index (κ3) is 2.58. The number of nitrogens with zero attached hydrogens (tertiary/aromatic N) is 3. The molecule has 0 atom stereocenters. The molecule has 2 aromatic rings. The molecule has 10 heteroatoms. The molecule has 0 saturated heterocycles. The first-order valence-electron chi connectivity index (χ1n) is 7.36. The molecule has 0 N–H and O–H groups in total. The molecule has 1 aliphatic rings. The summed E-state index contributed by atoms with van der Waals surface area (Å²) in [6, 6.07) is 4.95. The molecule has 2 amide bonds. The smallest absolute Gasteiger partial charge is 0.359 e. The summed E-state index contributed by atoms with van der Waals surface area (Å²) in [5.74, 6) is -2.67. The molecule has 0 spiro atoms. The number of esters is 1. The first-order valence-corrected chi connectivity index (χ1v) is 7.74. The van der Waals surface area contributed by atoms with Gasteiger partial charge in [-0.15, -0.1) is 0 Å². The number of carbonyl (C=O) groups is 3. The van der Waals surface area contributed by atoms with Crippen LogP contribution in [0.5, 0.6) is 0 Å². The Morgan fingerprint density at radius 3 is 2.62 bits per heavy atom. The molecule has 0 saturated carbocycles. The normalized spacial score (nSPS) is 12.9. The fraction of sp³-hybridized carbons (Fsp3) is 0.125. The van der Waals surface area contributed by atoms with E-state index in [1.54, 1.807) is 6.92 Å². The lowest BCUT2D eigenvalue weighted by Crippen LogP contribution is -2.31. The topological polar surface area (TPSA) is 120 Å². The van der Waals surface area contributed by atoms with Gasteiger partial charge in [0.05, 0.1) is 27.8 Å². The molecule has 0 bridgehead atoms. The Kier molecular flexibility index (Phi) is 4.39. The third-order valence-electron chi connectivity index (χ3n) is 3.66. The SMILES string of the molecule is CCOC(=O)c1ncccc1N1C(=O)c2c(Cl)ccc([N+](=O)[O-])c2C1=O. The van der Waals surface area contributed by atoms with E-state index in [0.29, 0.717) is 4.90 Å². The van der Waals surface area contributed by atoms with E-state index >= 15 is 0 Å². The number of anilines is 1. The molecule has 0 fully saturated rings. The van der Waals surface area contributed by atoms with E-state index in [1.807, 2.05) is 0 Å². The maximum atomic E-state index is 12.8. The molecule has 3 rings (SSSR count). The largest absolute Gasteiger partial charge is 0.461 e. The lowest BCUT2D eigenvalue weighted by molar-refractivity contribution is -0.385. The van der Waals surface area contributed by atoms with Gasteiger partial charge in [-0.05, 0) is 25.1 Å². The molecule has 26 heavy (non-hydrogen) atoms. The summed E-state index contributed by atoms with van der Waals surface area (Å²) < 4.78 is 4.88. The number of benzene rings is 1. The monoisotopic (exact) mass is 375 g/mol. The Bertz CT molecular complexity index is 974. The molecule has 9 nitrogen and oxygen atoms in total. The number of rotatable bonds is 4. The molecule has 1 aliphatic heterocycles. The van der Waals surface area contributed by atoms with Gasteiger partial charge in [0.2, 0.25) is 0 Å². The highest BCUT2D eigenvalue weighted by Gasteiger charge is 2.45. The minimum atomic E-state index is -0.960. The zero-order valence-electron chi connectivity index (χ0n) is 13.3. The second-order valence-electron chi connectivity index (χ2n) is 5.11. The summed E-state index contributed by atoms with van der Waals surface area (Å²) in [6.45, 7) is 1.65. The van der Waals surface area contributed by atoms with E-state index in [4.69, 9.17) is 16.3 Å². The van der Waals surface area contributed by atoms with Crippen molar-refractivity contribution in [3.05, 3.63) is 62.4 Å². The van der Waals surface area contributed by atoms with Crippen molar-refractivity contribution in [3.8, 4) is 0 Å². The van der Waals surface area contributed by atoms with Crippen molar-refractivity contribution in [1.29, 1.82) is 0 Å². The van der Waals surface area contributed by atoms with Crippen LogP contribution in [0.4, 0.5) is 11.4 Å². The van der Waals surface area contributed by atoms with E-state index in [2.05, 4.69) is 4.98 Å². The van der Waals surface area contributed by atoms with Crippen molar-refractivity contribution < 1.29 is 24.0 Å². The second-order valence-corrected chi connectivity index (χ2v) is 5.52. The lowest BCUT2D eigenvalue weighted by Gasteiger charge is -2.16. The second kappa shape index (κ2) is 6.52. The molecule has 2 heterocycles. The molecule has 1 aromatic heterocycles. The van der Waals surface area contributed by atoms with Crippen molar-refractivity contribution in [2.24, 2.45) is 0 Å². The number of pyridine rings is 1. The van der Waals surface area contributed by atoms with E-state index in [9.17, 15) is 24.5 Å². The van der Waals surface area contributed by atoms with Gasteiger partial charge in [-0.3, -0.25) is 19.7 Å². The number of nitro benzene ring substituents is 1. The Hall–Kier alpha value is -3.33. The number of carbonyl (C=O) groups excluding carboxylic acids is 3. The number of imide groups is 1. The molecule has 0 unspecified atom stereocenters. The van der Waals surface area contributed by atoms with E-state index in [-0.39, 0.29) is 28.6 Å². The first kappa shape index (κ1) is 17.5. The van der Waals surface area contributed by atoms with Crippen LogP contribution < -0.4 is 4.90 Å². The molecule has 0 aliphatic carbocycles. The van der Waals surface area contributed by atoms with E-state index < -0.39 is 34.0 Å². The Morgan fingerprint density at radius 1 is 1.27 bits per heavy atom. The van der Waals surface area contributed by atoms with E-state index in [0.717, 1.165) is 6.07 Å². The fourth-order valence-electron chi connectivity index (χ4n) is 2.61. The zero-order valence-corrected chi connectivity index (χ0v) is 14.0. The number of fused-ring (bicyclic) bond motifs is 1. The van der Waals surface area contributed by atoms with Gasteiger partial charge in [0.15, 0.2) is 5.69 Å². The molecular weight excluding hydrogens is 366 g/mol. The number of amides is 2. The van der Waals surface area contributed by atoms with Crippen molar-refractivity contribution in [1.82, 2.24) is 4.98 Å². The van der Waals surface area contributed by atoms with E-state index in [1.165, 1.54) is 24.4 Å². The summed E-state index contributed by atoms with van der Waals surface area (Å²) in [6.07, 6.45) is 1.29. The van der Waals surface area contributed by atoms with Crippen molar-refractivity contribution in [2.75, 3.05) is 11.5 Å². The van der Waals surface area contributed by atoms with Crippen molar-refractivity contribution in [3.63, 3.8) is 0 Å². The van der Waals surface area contributed by atoms with Gasteiger partial charge in [-0.25, -0.2) is 14.7 Å². The number of aromatic nitrogens is 1. The third-order valence-corrected chi connectivity index (χ3v) is 3.97. The van der Waals surface area contributed by atoms with Crippen LogP contribution in [-0.2, 0) is 4.74 Å². The van der Waals surface area contributed by atoms with Gasteiger partial charge < -0.3 is 4.74 Å². The highest BCUT2D eigenvalue weighted by Crippen LogP contribution is 2.38.